The summed E-state index contributed by atoms with van der Waals surface area (Å²) in [6.07, 6.45) is 0. The molecule has 0 spiro atoms. The molecule has 76 valence electrons. The number of rotatable bonds is 4. The Morgan fingerprint density at radius 3 is 2.47 bits per heavy atom. The minimum absolute atomic E-state index is 0.319. The fourth-order valence-corrected chi connectivity index (χ4v) is 1.21. The van der Waals surface area contributed by atoms with Crippen LogP contribution in [0.1, 0.15) is 16.7 Å². The molecule has 0 N–H and O–H groups in total. The van der Waals surface area contributed by atoms with Gasteiger partial charge in [0.15, 0.2) is 0 Å². The lowest BCUT2D eigenvalue weighted by Crippen LogP contribution is -1.90. The fraction of sp³-hybridized carbons (Fsp3) is 0.333. The third-order valence-electron chi connectivity index (χ3n) is 2.03. The summed E-state index contributed by atoms with van der Waals surface area (Å²) in [4.78, 5) is 5.40. The number of aryl methyl sites for hydroxylation is 1. The van der Waals surface area contributed by atoms with Crippen LogP contribution in [-0.2, 0) is 13.1 Å². The topological polar surface area (TPSA) is 97.5 Å². The van der Waals surface area contributed by atoms with Crippen LogP contribution in [0.25, 0.3) is 20.9 Å². The molecule has 6 nitrogen and oxygen atoms in total. The molecular weight excluding hydrogens is 192 g/mol. The number of hydrogen-bond donors (Lipinski definition) is 0. The Labute approximate surface area is 86.8 Å². The van der Waals surface area contributed by atoms with Crippen LogP contribution in [0.15, 0.2) is 28.4 Å². The maximum atomic E-state index is 8.22. The van der Waals surface area contributed by atoms with Crippen LogP contribution in [0.5, 0.6) is 0 Å². The lowest BCUT2D eigenvalue weighted by Gasteiger charge is -2.04. The first-order chi connectivity index (χ1) is 7.27. The van der Waals surface area contributed by atoms with Gasteiger partial charge in [0.2, 0.25) is 0 Å². The molecule has 0 atom stereocenters. The second-order valence-electron chi connectivity index (χ2n) is 3.04. The third-order valence-corrected chi connectivity index (χ3v) is 2.03. The van der Waals surface area contributed by atoms with Crippen LogP contribution in [0.4, 0.5) is 0 Å². The second-order valence-corrected chi connectivity index (χ2v) is 3.04. The van der Waals surface area contributed by atoms with Crippen molar-refractivity contribution in [2.24, 2.45) is 10.2 Å². The van der Waals surface area contributed by atoms with Crippen LogP contribution >= 0.6 is 0 Å². The van der Waals surface area contributed by atoms with E-state index in [2.05, 4.69) is 20.1 Å². The molecule has 0 aliphatic rings. The molecule has 0 fully saturated rings. The number of benzene rings is 1. The van der Waals surface area contributed by atoms with Gasteiger partial charge in [0.05, 0.1) is 13.1 Å². The van der Waals surface area contributed by atoms with Gasteiger partial charge < -0.3 is 0 Å². The van der Waals surface area contributed by atoms with Gasteiger partial charge in [-0.3, -0.25) is 0 Å². The van der Waals surface area contributed by atoms with Crippen molar-refractivity contribution in [3.8, 4) is 0 Å². The van der Waals surface area contributed by atoms with Gasteiger partial charge in [-0.05, 0) is 34.7 Å². The molecule has 1 aromatic rings. The van der Waals surface area contributed by atoms with E-state index in [-0.39, 0.29) is 0 Å². The van der Waals surface area contributed by atoms with Crippen LogP contribution in [0, 0.1) is 6.92 Å². The van der Waals surface area contributed by atoms with Gasteiger partial charge in [0.25, 0.3) is 0 Å². The van der Waals surface area contributed by atoms with Crippen LogP contribution in [0.3, 0.4) is 0 Å². The summed E-state index contributed by atoms with van der Waals surface area (Å²) < 4.78 is 0. The molecule has 1 aromatic carbocycles. The molecule has 0 heterocycles. The number of hydrogen-bond acceptors (Lipinski definition) is 2. The normalized spacial score (nSPS) is 8.87. The van der Waals surface area contributed by atoms with Gasteiger partial charge in [0.1, 0.15) is 0 Å². The van der Waals surface area contributed by atoms with E-state index >= 15 is 0 Å². The quantitative estimate of drug-likeness (QED) is 0.404. The van der Waals surface area contributed by atoms with Crippen molar-refractivity contribution >= 4 is 0 Å². The zero-order valence-corrected chi connectivity index (χ0v) is 8.33. The predicted octanol–water partition coefficient (Wildman–Crippen LogP) is 3.62. The van der Waals surface area contributed by atoms with E-state index in [1.54, 1.807) is 0 Å². The molecule has 0 aromatic heterocycles. The van der Waals surface area contributed by atoms with E-state index in [1.807, 2.05) is 25.1 Å². The van der Waals surface area contributed by atoms with E-state index < -0.39 is 0 Å². The minimum Gasteiger partial charge on any atom is -0.0893 e. The highest BCUT2D eigenvalue weighted by Crippen LogP contribution is 2.13. The summed E-state index contributed by atoms with van der Waals surface area (Å²) in [5.41, 5.74) is 19.3. The molecule has 0 saturated heterocycles. The summed E-state index contributed by atoms with van der Waals surface area (Å²) in [5, 5.41) is 6.97. The van der Waals surface area contributed by atoms with Crippen molar-refractivity contribution in [3.05, 3.63) is 55.8 Å². The average Bonchev–Trinajstić information content (AvgIpc) is 2.26. The SMILES string of the molecule is Cc1ccc(CN=[N+]=[N-])cc1CN=[N+]=[N-]. The standard InChI is InChI=1S/C9H10N6/c1-7-2-3-8(5-12-14-10)4-9(7)6-13-15-11/h2-4H,5-6H2,1H3. The molecule has 0 saturated carbocycles. The Morgan fingerprint density at radius 2 is 1.80 bits per heavy atom. The van der Waals surface area contributed by atoms with Crippen molar-refractivity contribution in [1.29, 1.82) is 0 Å². The van der Waals surface area contributed by atoms with E-state index in [1.165, 1.54) is 0 Å². The maximum absolute atomic E-state index is 8.22. The predicted molar refractivity (Wildman–Crippen MR) is 56.9 cm³/mol. The molecule has 6 heteroatoms. The summed E-state index contributed by atoms with van der Waals surface area (Å²) in [6, 6.07) is 5.70. The summed E-state index contributed by atoms with van der Waals surface area (Å²) in [6.45, 7) is 2.59. The van der Waals surface area contributed by atoms with E-state index in [4.69, 9.17) is 11.1 Å². The first-order valence-corrected chi connectivity index (χ1v) is 4.38. The third kappa shape index (κ3) is 3.23. The zero-order chi connectivity index (χ0) is 11.1. The number of nitrogens with zero attached hydrogens (tertiary/aromatic N) is 6. The maximum Gasteiger partial charge on any atom is 0.0513 e. The Morgan fingerprint density at radius 1 is 1.13 bits per heavy atom. The molecule has 0 amide bonds. The molecule has 0 aliphatic heterocycles. The van der Waals surface area contributed by atoms with Gasteiger partial charge in [-0.1, -0.05) is 28.4 Å². The molecule has 15 heavy (non-hydrogen) atoms. The van der Waals surface area contributed by atoms with E-state index in [0.29, 0.717) is 13.1 Å². The largest absolute Gasteiger partial charge is 0.0893 e. The molecule has 0 radical (unpaired) electrons. The lowest BCUT2D eigenvalue weighted by atomic mass is 10.1. The first kappa shape index (κ1) is 10.9. The highest BCUT2D eigenvalue weighted by atomic mass is 15.1. The summed E-state index contributed by atoms with van der Waals surface area (Å²) in [5.74, 6) is 0. The van der Waals surface area contributed by atoms with Gasteiger partial charge in [0, 0.05) is 9.82 Å². The van der Waals surface area contributed by atoms with Crippen LogP contribution in [0.2, 0.25) is 0 Å². The van der Waals surface area contributed by atoms with Crippen LogP contribution < -0.4 is 0 Å². The van der Waals surface area contributed by atoms with Gasteiger partial charge >= 0.3 is 0 Å². The summed E-state index contributed by atoms with van der Waals surface area (Å²) >= 11 is 0. The molecule has 0 aliphatic carbocycles. The van der Waals surface area contributed by atoms with Crippen molar-refractivity contribution in [1.82, 2.24) is 0 Å². The Hall–Kier alpha value is -2.16. The van der Waals surface area contributed by atoms with Crippen molar-refractivity contribution in [2.75, 3.05) is 0 Å². The van der Waals surface area contributed by atoms with Crippen molar-refractivity contribution < 1.29 is 0 Å². The van der Waals surface area contributed by atoms with Gasteiger partial charge in [-0.2, -0.15) is 0 Å². The molecule has 0 unspecified atom stereocenters. The molecule has 0 bridgehead atoms. The monoisotopic (exact) mass is 202 g/mol. The highest BCUT2D eigenvalue weighted by molar-refractivity contribution is 5.31. The van der Waals surface area contributed by atoms with E-state index in [0.717, 1.165) is 16.7 Å². The van der Waals surface area contributed by atoms with Gasteiger partial charge in [-0.25, -0.2) is 0 Å². The number of azide groups is 2. The van der Waals surface area contributed by atoms with E-state index in [9.17, 15) is 0 Å². The van der Waals surface area contributed by atoms with Crippen LogP contribution in [-0.4, -0.2) is 0 Å². The van der Waals surface area contributed by atoms with Crippen molar-refractivity contribution in [3.63, 3.8) is 0 Å². The smallest absolute Gasteiger partial charge is 0.0513 e. The Balaban J connectivity index is 2.93. The first-order valence-electron chi connectivity index (χ1n) is 4.38. The minimum atomic E-state index is 0.319. The Kier molecular flexibility index (Phi) is 4.04. The lowest BCUT2D eigenvalue weighted by molar-refractivity contribution is 0.993. The van der Waals surface area contributed by atoms with Crippen molar-refractivity contribution in [2.45, 2.75) is 20.0 Å². The fourth-order valence-electron chi connectivity index (χ4n) is 1.21. The highest BCUT2D eigenvalue weighted by Gasteiger charge is 1.98. The zero-order valence-electron chi connectivity index (χ0n) is 8.33. The Bertz CT molecular complexity index is 440. The van der Waals surface area contributed by atoms with Gasteiger partial charge in [-0.15, -0.1) is 0 Å². The second kappa shape index (κ2) is 5.54. The average molecular weight is 202 g/mol. The molecule has 1 rings (SSSR count). The molecular formula is C9H10N6. The summed E-state index contributed by atoms with van der Waals surface area (Å²) in [7, 11) is 0.